The fourth-order valence-corrected chi connectivity index (χ4v) is 3.71. The summed E-state index contributed by atoms with van der Waals surface area (Å²) in [6.45, 7) is 9.04. The lowest BCUT2D eigenvalue weighted by Crippen LogP contribution is -2.39. The van der Waals surface area contributed by atoms with Crippen LogP contribution in [-0.2, 0) is 0 Å². The monoisotopic (exact) mass is 346 g/mol. The van der Waals surface area contributed by atoms with Crippen LogP contribution in [0.2, 0.25) is 0 Å². The van der Waals surface area contributed by atoms with E-state index in [9.17, 15) is 9.90 Å². The molecule has 1 amide bonds. The lowest BCUT2D eigenvalue weighted by molar-refractivity contribution is 0.0707. The Labute approximate surface area is 147 Å². The quantitative estimate of drug-likeness (QED) is 0.919. The molecule has 0 bridgehead atoms. The van der Waals surface area contributed by atoms with E-state index >= 15 is 0 Å². The number of imidazole rings is 1. The van der Waals surface area contributed by atoms with Gasteiger partial charge in [0.15, 0.2) is 0 Å². The molecule has 2 aromatic heterocycles. The molecule has 1 aliphatic heterocycles. The maximum Gasteiger partial charge on any atom is 0.259 e. The number of rotatable bonds is 4. The Balaban J connectivity index is 1.72. The molecule has 3 rings (SSSR count). The Morgan fingerprint density at radius 3 is 2.60 bits per heavy atom. The summed E-state index contributed by atoms with van der Waals surface area (Å²) in [6.07, 6.45) is 3.59. The van der Waals surface area contributed by atoms with E-state index in [-0.39, 0.29) is 18.6 Å². The molecule has 0 unspecified atom stereocenters. The maximum absolute atomic E-state index is 12.7. The third-order valence-electron chi connectivity index (χ3n) is 5.11. The van der Waals surface area contributed by atoms with Gasteiger partial charge in [-0.1, -0.05) is 5.16 Å². The number of piperidine rings is 1. The second-order valence-corrected chi connectivity index (χ2v) is 6.93. The largest absolute Gasteiger partial charge is 0.394 e. The minimum absolute atomic E-state index is 0.00190. The number of aromatic nitrogens is 3. The highest BCUT2D eigenvalue weighted by molar-refractivity contribution is 5.96. The van der Waals surface area contributed by atoms with Crippen molar-refractivity contribution in [3.05, 3.63) is 34.7 Å². The molecule has 7 nitrogen and oxygen atoms in total. The van der Waals surface area contributed by atoms with Gasteiger partial charge >= 0.3 is 0 Å². The van der Waals surface area contributed by atoms with Crippen molar-refractivity contribution in [3.63, 3.8) is 0 Å². The summed E-state index contributed by atoms with van der Waals surface area (Å²) < 4.78 is 7.24. The van der Waals surface area contributed by atoms with Gasteiger partial charge < -0.3 is 19.1 Å². The Hall–Kier alpha value is -2.15. The molecule has 136 valence electrons. The molecular weight excluding hydrogens is 320 g/mol. The number of nitrogens with zero attached hydrogens (tertiary/aromatic N) is 4. The number of amides is 1. The first-order valence-corrected chi connectivity index (χ1v) is 8.80. The first-order chi connectivity index (χ1) is 11.9. The van der Waals surface area contributed by atoms with E-state index in [2.05, 4.69) is 14.7 Å². The van der Waals surface area contributed by atoms with Crippen molar-refractivity contribution in [2.45, 2.75) is 52.5 Å². The number of likely N-dealkylation sites (tertiary alicyclic amines) is 1. The van der Waals surface area contributed by atoms with E-state index in [1.165, 1.54) is 0 Å². The molecule has 2 aromatic rings. The van der Waals surface area contributed by atoms with Crippen LogP contribution in [0.4, 0.5) is 0 Å². The summed E-state index contributed by atoms with van der Waals surface area (Å²) in [7, 11) is 0. The molecule has 0 aliphatic carbocycles. The zero-order valence-electron chi connectivity index (χ0n) is 15.3. The summed E-state index contributed by atoms with van der Waals surface area (Å²) in [5, 5.41) is 13.4. The van der Waals surface area contributed by atoms with Gasteiger partial charge in [-0.25, -0.2) is 4.98 Å². The molecule has 1 atom stereocenters. The van der Waals surface area contributed by atoms with Crippen LogP contribution >= 0.6 is 0 Å². The highest BCUT2D eigenvalue weighted by Gasteiger charge is 2.30. The van der Waals surface area contributed by atoms with Crippen molar-refractivity contribution in [1.82, 2.24) is 19.6 Å². The highest BCUT2D eigenvalue weighted by Crippen LogP contribution is 2.30. The van der Waals surface area contributed by atoms with Gasteiger partial charge in [-0.3, -0.25) is 4.79 Å². The molecule has 1 N–H and O–H groups in total. The molecule has 1 fully saturated rings. The van der Waals surface area contributed by atoms with Crippen LogP contribution < -0.4 is 0 Å². The van der Waals surface area contributed by atoms with E-state index < -0.39 is 0 Å². The molecule has 1 saturated heterocycles. The molecule has 25 heavy (non-hydrogen) atoms. The first kappa shape index (κ1) is 17.7. The number of carbonyl (C=O) groups is 1. The van der Waals surface area contributed by atoms with Crippen LogP contribution in [0.1, 0.15) is 65.1 Å². The topological polar surface area (TPSA) is 84.4 Å². The fraction of sp³-hybridized carbons (Fsp3) is 0.611. The van der Waals surface area contributed by atoms with Crippen molar-refractivity contribution in [2.75, 3.05) is 19.7 Å². The molecule has 0 aromatic carbocycles. The van der Waals surface area contributed by atoms with Gasteiger partial charge in [0.05, 0.1) is 18.3 Å². The molecule has 7 heteroatoms. The summed E-state index contributed by atoms with van der Waals surface area (Å²) in [5.41, 5.74) is 2.29. The van der Waals surface area contributed by atoms with Crippen LogP contribution in [-0.4, -0.2) is 50.3 Å². The number of hydrogen-bond donors (Lipinski definition) is 1. The van der Waals surface area contributed by atoms with Crippen LogP contribution in [0.25, 0.3) is 0 Å². The predicted molar refractivity (Wildman–Crippen MR) is 92.6 cm³/mol. The van der Waals surface area contributed by atoms with Crippen LogP contribution in [0.3, 0.4) is 0 Å². The van der Waals surface area contributed by atoms with Crippen LogP contribution in [0, 0.1) is 20.8 Å². The van der Waals surface area contributed by atoms with Crippen LogP contribution in [0.15, 0.2) is 10.7 Å². The molecule has 1 aliphatic rings. The van der Waals surface area contributed by atoms with Gasteiger partial charge in [0.1, 0.15) is 17.1 Å². The first-order valence-electron chi connectivity index (χ1n) is 8.80. The van der Waals surface area contributed by atoms with E-state index in [4.69, 9.17) is 4.52 Å². The lowest BCUT2D eigenvalue weighted by Gasteiger charge is -2.32. The number of aryl methyl sites for hydroxylation is 3. The average Bonchev–Trinajstić information content (AvgIpc) is 3.16. The predicted octanol–water partition coefficient (Wildman–Crippen LogP) is 2.37. The average molecular weight is 346 g/mol. The van der Waals surface area contributed by atoms with Crippen LogP contribution in [0.5, 0.6) is 0 Å². The fourth-order valence-electron chi connectivity index (χ4n) is 3.71. The van der Waals surface area contributed by atoms with Crippen molar-refractivity contribution >= 4 is 5.91 Å². The van der Waals surface area contributed by atoms with Crippen molar-refractivity contribution in [3.8, 4) is 0 Å². The molecule has 0 spiro atoms. The number of aliphatic hydroxyl groups is 1. The summed E-state index contributed by atoms with van der Waals surface area (Å²) in [4.78, 5) is 19.2. The third kappa shape index (κ3) is 3.20. The van der Waals surface area contributed by atoms with E-state index in [1.807, 2.05) is 24.9 Å². The van der Waals surface area contributed by atoms with Gasteiger partial charge in [-0.05, 0) is 40.5 Å². The zero-order valence-corrected chi connectivity index (χ0v) is 15.3. The summed E-state index contributed by atoms with van der Waals surface area (Å²) in [6, 6.07) is 0.0134. The molecular formula is C18H26N4O3. The molecule has 0 saturated carbocycles. The van der Waals surface area contributed by atoms with Gasteiger partial charge in [0, 0.05) is 30.9 Å². The van der Waals surface area contributed by atoms with Gasteiger partial charge in [-0.15, -0.1) is 0 Å². The normalized spacial score (nSPS) is 17.1. The van der Waals surface area contributed by atoms with E-state index in [0.717, 1.165) is 24.4 Å². The minimum Gasteiger partial charge on any atom is -0.394 e. The second-order valence-electron chi connectivity index (χ2n) is 6.93. The van der Waals surface area contributed by atoms with E-state index in [1.54, 1.807) is 13.8 Å². The summed E-state index contributed by atoms with van der Waals surface area (Å²) >= 11 is 0. The van der Waals surface area contributed by atoms with Gasteiger partial charge in [0.2, 0.25) is 0 Å². The maximum atomic E-state index is 12.7. The highest BCUT2D eigenvalue weighted by atomic mass is 16.5. The third-order valence-corrected chi connectivity index (χ3v) is 5.11. The number of carbonyl (C=O) groups excluding carboxylic acids is 1. The molecule has 0 radical (unpaired) electrons. The smallest absolute Gasteiger partial charge is 0.259 e. The van der Waals surface area contributed by atoms with E-state index in [0.29, 0.717) is 36.0 Å². The van der Waals surface area contributed by atoms with Gasteiger partial charge in [-0.2, -0.15) is 0 Å². The Kier molecular flexibility index (Phi) is 4.94. The van der Waals surface area contributed by atoms with Crippen molar-refractivity contribution in [1.29, 1.82) is 0 Å². The molecule has 3 heterocycles. The minimum atomic E-state index is -0.00190. The van der Waals surface area contributed by atoms with Crippen molar-refractivity contribution < 1.29 is 14.4 Å². The number of aliphatic hydroxyl groups excluding tert-OH is 1. The summed E-state index contributed by atoms with van der Waals surface area (Å²) in [5.74, 6) is 1.89. The Bertz CT molecular complexity index is 737. The number of hydrogen-bond acceptors (Lipinski definition) is 5. The standard InChI is InChI=1S/C18H26N4O3/c1-11-9-19-17(22(11)12(2)10-23)15-5-7-21(8-6-15)18(24)16-13(3)20-25-14(16)4/h9,12,15,23H,5-8,10H2,1-4H3/t12-/m1/s1. The Morgan fingerprint density at radius 2 is 2.04 bits per heavy atom. The second kappa shape index (κ2) is 7.00. The van der Waals surface area contributed by atoms with Gasteiger partial charge in [0.25, 0.3) is 5.91 Å². The zero-order chi connectivity index (χ0) is 18.1. The lowest BCUT2D eigenvalue weighted by atomic mass is 9.95. The SMILES string of the molecule is Cc1noc(C)c1C(=O)N1CCC(c2ncc(C)n2[C@H](C)CO)CC1. The van der Waals surface area contributed by atoms with Crippen molar-refractivity contribution in [2.24, 2.45) is 0 Å². The Morgan fingerprint density at radius 1 is 1.36 bits per heavy atom.